The fraction of sp³-hybridized carbons (Fsp3) is 0.600. The van der Waals surface area contributed by atoms with Gasteiger partial charge in [-0.3, -0.25) is 0 Å². The van der Waals surface area contributed by atoms with E-state index in [1.54, 1.807) is 6.08 Å². The Bertz CT molecular complexity index is 125. The molecule has 0 amide bonds. The van der Waals surface area contributed by atoms with Crippen molar-refractivity contribution in [1.29, 1.82) is 0 Å². The number of aliphatic hydroxyl groups excluding tert-OH is 1. The Hall–Kier alpha value is -0.560. The van der Waals surface area contributed by atoms with E-state index in [2.05, 4.69) is 6.92 Å². The van der Waals surface area contributed by atoms with Crippen molar-refractivity contribution in [3.63, 3.8) is 0 Å². The first kappa shape index (κ1) is 10.4. The summed E-state index contributed by atoms with van der Waals surface area (Å²) >= 11 is 0. The van der Waals surface area contributed by atoms with Gasteiger partial charge in [0.05, 0.1) is 6.10 Å². The Morgan fingerprint density at radius 1 is 1.36 bits per heavy atom. The lowest BCUT2D eigenvalue weighted by molar-refractivity contribution is 0.271. The van der Waals surface area contributed by atoms with E-state index in [-0.39, 0.29) is 0 Å². The normalized spacial score (nSPS) is 14.8. The molecule has 0 aromatic rings. The van der Waals surface area contributed by atoms with Gasteiger partial charge in [0, 0.05) is 0 Å². The van der Waals surface area contributed by atoms with Crippen LogP contribution < -0.4 is 0 Å². The maximum atomic E-state index is 9.17. The molecule has 0 aliphatic rings. The van der Waals surface area contributed by atoms with Gasteiger partial charge in [-0.1, -0.05) is 44.1 Å². The van der Waals surface area contributed by atoms with Gasteiger partial charge >= 0.3 is 0 Å². The van der Waals surface area contributed by atoms with Crippen molar-refractivity contribution in [3.8, 4) is 0 Å². The lowest BCUT2D eigenvalue weighted by Crippen LogP contribution is -1.94. The minimum atomic E-state index is -0.392. The smallest absolute Gasteiger partial charge is 0.0902 e. The first-order valence-corrected chi connectivity index (χ1v) is 4.28. The summed E-state index contributed by atoms with van der Waals surface area (Å²) in [6, 6.07) is 0. The van der Waals surface area contributed by atoms with Crippen molar-refractivity contribution in [2.75, 3.05) is 0 Å². The highest BCUT2D eigenvalue weighted by Gasteiger charge is 1.87. The van der Waals surface area contributed by atoms with Gasteiger partial charge in [0.15, 0.2) is 0 Å². The van der Waals surface area contributed by atoms with Crippen molar-refractivity contribution in [2.24, 2.45) is 0 Å². The Balaban J connectivity index is 3.40. The highest BCUT2D eigenvalue weighted by atomic mass is 16.3. The molecule has 1 N–H and O–H groups in total. The predicted molar refractivity (Wildman–Crippen MR) is 49.5 cm³/mol. The van der Waals surface area contributed by atoms with E-state index in [9.17, 15) is 5.11 Å². The monoisotopic (exact) mass is 154 g/mol. The van der Waals surface area contributed by atoms with Crippen LogP contribution in [-0.2, 0) is 0 Å². The van der Waals surface area contributed by atoms with Crippen LogP contribution in [0.25, 0.3) is 0 Å². The van der Waals surface area contributed by atoms with Crippen LogP contribution in [0.3, 0.4) is 0 Å². The van der Waals surface area contributed by atoms with Gasteiger partial charge in [0.2, 0.25) is 0 Å². The fourth-order valence-electron chi connectivity index (χ4n) is 0.819. The molecule has 0 fully saturated rings. The number of aliphatic hydroxyl groups is 1. The molecule has 0 bridgehead atoms. The molecule has 0 spiro atoms. The molecule has 0 saturated carbocycles. The molecule has 0 heterocycles. The van der Waals surface area contributed by atoms with Crippen LogP contribution in [0.5, 0.6) is 0 Å². The van der Waals surface area contributed by atoms with Crippen LogP contribution in [-0.4, -0.2) is 11.2 Å². The Labute approximate surface area is 69.4 Å². The van der Waals surface area contributed by atoms with Gasteiger partial charge in [0.1, 0.15) is 0 Å². The second-order valence-corrected chi connectivity index (χ2v) is 2.59. The van der Waals surface area contributed by atoms with E-state index in [0.717, 1.165) is 6.42 Å². The topological polar surface area (TPSA) is 20.2 Å². The summed E-state index contributed by atoms with van der Waals surface area (Å²) in [5, 5.41) is 9.17. The van der Waals surface area contributed by atoms with Crippen molar-refractivity contribution in [2.45, 2.75) is 39.2 Å². The van der Waals surface area contributed by atoms with Crippen LogP contribution in [0, 0.1) is 0 Å². The van der Waals surface area contributed by atoms with Gasteiger partial charge in [-0.15, -0.1) is 0 Å². The molecule has 1 atom stereocenters. The SMILES string of the molecule is C/C=C/C(O)/C=C/CCCC. The molecule has 0 saturated heterocycles. The molecule has 0 radical (unpaired) electrons. The molecule has 0 aromatic carbocycles. The average molecular weight is 154 g/mol. The van der Waals surface area contributed by atoms with Crippen LogP contribution in [0.2, 0.25) is 0 Å². The summed E-state index contributed by atoms with van der Waals surface area (Å²) in [5.41, 5.74) is 0. The molecule has 1 unspecified atom stereocenters. The van der Waals surface area contributed by atoms with Crippen molar-refractivity contribution < 1.29 is 5.11 Å². The van der Waals surface area contributed by atoms with E-state index >= 15 is 0 Å². The van der Waals surface area contributed by atoms with Gasteiger partial charge in [0.25, 0.3) is 0 Å². The molecular formula is C10H18O. The zero-order chi connectivity index (χ0) is 8.53. The Morgan fingerprint density at radius 3 is 2.64 bits per heavy atom. The maximum absolute atomic E-state index is 9.17. The third-order valence-corrected chi connectivity index (χ3v) is 1.45. The second kappa shape index (κ2) is 7.55. The standard InChI is InChI=1S/C10H18O/c1-3-5-6-7-9-10(11)8-4-2/h4,7-11H,3,5-6H2,1-2H3/b8-4+,9-7+. The lowest BCUT2D eigenvalue weighted by atomic mass is 10.2. The predicted octanol–water partition coefficient (Wildman–Crippen LogP) is 2.67. The van der Waals surface area contributed by atoms with Crippen LogP contribution >= 0.6 is 0 Å². The average Bonchev–Trinajstić information content (AvgIpc) is 1.99. The fourth-order valence-corrected chi connectivity index (χ4v) is 0.819. The number of hydrogen-bond acceptors (Lipinski definition) is 1. The first-order valence-electron chi connectivity index (χ1n) is 4.28. The zero-order valence-corrected chi connectivity index (χ0v) is 7.46. The summed E-state index contributed by atoms with van der Waals surface area (Å²) < 4.78 is 0. The largest absolute Gasteiger partial charge is 0.385 e. The van der Waals surface area contributed by atoms with Gasteiger partial charge in [-0.2, -0.15) is 0 Å². The number of unbranched alkanes of at least 4 members (excludes halogenated alkanes) is 2. The maximum Gasteiger partial charge on any atom is 0.0902 e. The summed E-state index contributed by atoms with van der Waals surface area (Å²) in [7, 11) is 0. The number of rotatable bonds is 5. The third kappa shape index (κ3) is 7.34. The minimum absolute atomic E-state index is 0.392. The lowest BCUT2D eigenvalue weighted by Gasteiger charge is -1.95. The van der Waals surface area contributed by atoms with Crippen molar-refractivity contribution in [1.82, 2.24) is 0 Å². The number of allylic oxidation sites excluding steroid dienone is 2. The summed E-state index contributed by atoms with van der Waals surface area (Å²) in [5.74, 6) is 0. The van der Waals surface area contributed by atoms with Crippen LogP contribution in [0.4, 0.5) is 0 Å². The highest BCUT2D eigenvalue weighted by molar-refractivity contribution is 5.00. The molecule has 0 aromatic heterocycles. The van der Waals surface area contributed by atoms with E-state index in [1.807, 2.05) is 25.2 Å². The van der Waals surface area contributed by atoms with E-state index < -0.39 is 6.10 Å². The van der Waals surface area contributed by atoms with Crippen molar-refractivity contribution >= 4 is 0 Å². The molecule has 0 rings (SSSR count). The molecule has 0 aliphatic carbocycles. The van der Waals surface area contributed by atoms with E-state index in [0.29, 0.717) is 0 Å². The van der Waals surface area contributed by atoms with Gasteiger partial charge < -0.3 is 5.11 Å². The molecule has 1 heteroatoms. The van der Waals surface area contributed by atoms with Crippen molar-refractivity contribution in [3.05, 3.63) is 24.3 Å². The molecule has 0 aliphatic heterocycles. The number of hydrogen-bond donors (Lipinski definition) is 1. The summed E-state index contributed by atoms with van der Waals surface area (Å²) in [6.45, 7) is 4.07. The third-order valence-electron chi connectivity index (χ3n) is 1.45. The molecular weight excluding hydrogens is 136 g/mol. The van der Waals surface area contributed by atoms with Crippen LogP contribution in [0.1, 0.15) is 33.1 Å². The Kier molecular flexibility index (Phi) is 7.16. The molecule has 64 valence electrons. The van der Waals surface area contributed by atoms with E-state index in [4.69, 9.17) is 0 Å². The van der Waals surface area contributed by atoms with E-state index in [1.165, 1.54) is 12.8 Å². The Morgan fingerprint density at radius 2 is 2.09 bits per heavy atom. The summed E-state index contributed by atoms with van der Waals surface area (Å²) in [4.78, 5) is 0. The quantitative estimate of drug-likeness (QED) is 0.477. The van der Waals surface area contributed by atoms with Crippen LogP contribution in [0.15, 0.2) is 24.3 Å². The van der Waals surface area contributed by atoms with Gasteiger partial charge in [-0.25, -0.2) is 0 Å². The molecule has 11 heavy (non-hydrogen) atoms. The van der Waals surface area contributed by atoms with Gasteiger partial charge in [-0.05, 0) is 13.3 Å². The minimum Gasteiger partial charge on any atom is -0.385 e. The molecule has 1 nitrogen and oxygen atoms in total. The first-order chi connectivity index (χ1) is 5.31. The highest BCUT2D eigenvalue weighted by Crippen LogP contribution is 1.97. The zero-order valence-electron chi connectivity index (χ0n) is 7.46. The second-order valence-electron chi connectivity index (χ2n) is 2.59. The summed E-state index contributed by atoms with van der Waals surface area (Å²) in [6.07, 6.45) is 10.6.